The van der Waals surface area contributed by atoms with Crippen molar-refractivity contribution in [2.24, 2.45) is 11.3 Å². The summed E-state index contributed by atoms with van der Waals surface area (Å²) in [6.07, 6.45) is 2.34. The van der Waals surface area contributed by atoms with Gasteiger partial charge in [-0.25, -0.2) is 15.8 Å². The topological polar surface area (TPSA) is 76.3 Å². The molecular formula is C14H25N5O. The Morgan fingerprint density at radius 1 is 1.35 bits per heavy atom. The van der Waals surface area contributed by atoms with Crippen molar-refractivity contribution in [3.05, 3.63) is 11.9 Å². The van der Waals surface area contributed by atoms with E-state index in [0.29, 0.717) is 30.3 Å². The van der Waals surface area contributed by atoms with E-state index in [1.54, 1.807) is 0 Å². The molecule has 0 atom stereocenters. The number of nitrogens with zero attached hydrogens (tertiary/aromatic N) is 3. The Bertz CT molecular complexity index is 439. The van der Waals surface area contributed by atoms with Gasteiger partial charge in [-0.3, -0.25) is 0 Å². The van der Waals surface area contributed by atoms with Crippen molar-refractivity contribution in [1.82, 2.24) is 9.97 Å². The van der Waals surface area contributed by atoms with Gasteiger partial charge in [-0.2, -0.15) is 0 Å². The van der Waals surface area contributed by atoms with Crippen LogP contribution >= 0.6 is 0 Å². The Labute approximate surface area is 120 Å². The van der Waals surface area contributed by atoms with E-state index in [1.807, 2.05) is 13.0 Å². The van der Waals surface area contributed by atoms with Crippen LogP contribution in [0.2, 0.25) is 0 Å². The maximum atomic E-state index is 5.49. The second-order valence-corrected chi connectivity index (χ2v) is 5.96. The highest BCUT2D eigenvalue weighted by molar-refractivity contribution is 5.49. The van der Waals surface area contributed by atoms with Crippen LogP contribution in [0.15, 0.2) is 6.07 Å². The first kappa shape index (κ1) is 15.0. The number of piperidine rings is 1. The van der Waals surface area contributed by atoms with Crippen LogP contribution in [0, 0.1) is 5.41 Å². The summed E-state index contributed by atoms with van der Waals surface area (Å²) in [5, 5.41) is 0. The van der Waals surface area contributed by atoms with Crippen molar-refractivity contribution >= 4 is 11.6 Å². The molecule has 1 aliphatic heterocycles. The van der Waals surface area contributed by atoms with Crippen LogP contribution in [-0.4, -0.2) is 29.7 Å². The van der Waals surface area contributed by atoms with Crippen molar-refractivity contribution in [2.75, 3.05) is 30.0 Å². The molecule has 0 aliphatic carbocycles. The Morgan fingerprint density at radius 2 is 2.05 bits per heavy atom. The number of rotatable bonds is 5. The molecule has 0 bridgehead atoms. The number of hydrazine groups is 1. The second-order valence-electron chi connectivity index (χ2n) is 5.96. The molecule has 2 rings (SSSR count). The number of nitrogens with two attached hydrogens (primary N) is 1. The number of nitrogens with one attached hydrogen (secondary N) is 1. The van der Waals surface area contributed by atoms with Gasteiger partial charge in [0.25, 0.3) is 0 Å². The Balaban J connectivity index is 2.14. The van der Waals surface area contributed by atoms with Crippen molar-refractivity contribution < 1.29 is 4.74 Å². The fourth-order valence-electron chi connectivity index (χ4n) is 2.32. The lowest BCUT2D eigenvalue weighted by Crippen LogP contribution is -2.38. The first-order valence-corrected chi connectivity index (χ1v) is 7.21. The van der Waals surface area contributed by atoms with Gasteiger partial charge in [0.1, 0.15) is 18.2 Å². The maximum Gasteiger partial charge on any atom is 0.158 e. The first-order chi connectivity index (χ1) is 9.54. The highest BCUT2D eigenvalue weighted by Crippen LogP contribution is 2.31. The molecule has 0 amide bonds. The number of anilines is 2. The van der Waals surface area contributed by atoms with E-state index < -0.39 is 0 Å². The molecule has 3 N–H and O–H groups in total. The highest BCUT2D eigenvalue weighted by atomic mass is 16.5. The largest absolute Gasteiger partial charge is 0.374 e. The fourth-order valence-corrected chi connectivity index (χ4v) is 2.32. The third-order valence-corrected chi connectivity index (χ3v) is 3.78. The molecule has 6 heteroatoms. The van der Waals surface area contributed by atoms with Crippen molar-refractivity contribution in [1.29, 1.82) is 0 Å². The average Bonchev–Trinajstić information content (AvgIpc) is 2.44. The van der Waals surface area contributed by atoms with Crippen LogP contribution in [0.1, 0.15) is 39.4 Å². The molecule has 1 aromatic rings. The van der Waals surface area contributed by atoms with Gasteiger partial charge in [-0.15, -0.1) is 0 Å². The van der Waals surface area contributed by atoms with Gasteiger partial charge in [0.2, 0.25) is 0 Å². The minimum Gasteiger partial charge on any atom is -0.374 e. The van der Waals surface area contributed by atoms with Crippen LogP contribution in [0.3, 0.4) is 0 Å². The zero-order valence-corrected chi connectivity index (χ0v) is 12.6. The lowest BCUT2D eigenvalue weighted by atomic mass is 9.83. The number of nitrogen functional groups attached to an aromatic ring is 1. The van der Waals surface area contributed by atoms with Crippen molar-refractivity contribution in [3.63, 3.8) is 0 Å². The molecule has 0 radical (unpaired) electrons. The van der Waals surface area contributed by atoms with Crippen molar-refractivity contribution in [2.45, 2.75) is 40.2 Å². The molecule has 1 fully saturated rings. The highest BCUT2D eigenvalue weighted by Gasteiger charge is 2.26. The maximum absolute atomic E-state index is 5.49. The molecular weight excluding hydrogens is 254 g/mol. The molecule has 0 aromatic carbocycles. The molecule has 1 aliphatic rings. The van der Waals surface area contributed by atoms with E-state index in [4.69, 9.17) is 10.6 Å². The lowest BCUT2D eigenvalue weighted by Gasteiger charge is -2.37. The summed E-state index contributed by atoms with van der Waals surface area (Å²) < 4.78 is 5.38. The van der Waals surface area contributed by atoms with Gasteiger partial charge in [-0.05, 0) is 25.2 Å². The third-order valence-electron chi connectivity index (χ3n) is 3.78. The van der Waals surface area contributed by atoms with Gasteiger partial charge in [0, 0.05) is 25.8 Å². The SMILES string of the molecule is CCOCc1nc(NN)cc(N2CCC(C)(C)CC2)n1. The monoisotopic (exact) mass is 279 g/mol. The Hall–Kier alpha value is -1.40. The second kappa shape index (κ2) is 6.37. The van der Waals surface area contributed by atoms with E-state index in [-0.39, 0.29) is 0 Å². The van der Waals surface area contributed by atoms with Crippen LogP contribution in [-0.2, 0) is 11.3 Å². The fraction of sp³-hybridized carbons (Fsp3) is 0.714. The summed E-state index contributed by atoms with van der Waals surface area (Å²) >= 11 is 0. The Morgan fingerprint density at radius 3 is 2.65 bits per heavy atom. The molecule has 1 saturated heterocycles. The van der Waals surface area contributed by atoms with E-state index >= 15 is 0 Å². The zero-order valence-electron chi connectivity index (χ0n) is 12.6. The van der Waals surface area contributed by atoms with E-state index in [2.05, 4.69) is 34.1 Å². The van der Waals surface area contributed by atoms with Gasteiger partial charge in [-0.1, -0.05) is 13.8 Å². The summed E-state index contributed by atoms with van der Waals surface area (Å²) in [4.78, 5) is 11.2. The summed E-state index contributed by atoms with van der Waals surface area (Å²) in [7, 11) is 0. The molecule has 1 aromatic heterocycles. The average molecular weight is 279 g/mol. The molecule has 0 unspecified atom stereocenters. The number of hydrogen-bond donors (Lipinski definition) is 2. The van der Waals surface area contributed by atoms with Gasteiger partial charge in [0.05, 0.1) is 0 Å². The molecule has 6 nitrogen and oxygen atoms in total. The summed E-state index contributed by atoms with van der Waals surface area (Å²) in [5.74, 6) is 7.72. The third kappa shape index (κ3) is 3.80. The predicted octanol–water partition coefficient (Wildman–Crippen LogP) is 1.93. The smallest absolute Gasteiger partial charge is 0.158 e. The van der Waals surface area contributed by atoms with Crippen LogP contribution in [0.25, 0.3) is 0 Å². The standard InChI is InChI=1S/C14H25N5O/c1-4-20-10-12-16-11(18-15)9-13(17-12)19-7-5-14(2,3)6-8-19/h9H,4-8,10,15H2,1-3H3,(H,16,17,18). The molecule has 0 saturated carbocycles. The molecule has 112 valence electrons. The molecule has 20 heavy (non-hydrogen) atoms. The number of aromatic nitrogens is 2. The van der Waals surface area contributed by atoms with Gasteiger partial charge in [0.15, 0.2) is 5.82 Å². The van der Waals surface area contributed by atoms with Crippen LogP contribution in [0.5, 0.6) is 0 Å². The van der Waals surface area contributed by atoms with E-state index in [9.17, 15) is 0 Å². The number of hydrogen-bond acceptors (Lipinski definition) is 6. The van der Waals surface area contributed by atoms with Crippen LogP contribution < -0.4 is 16.2 Å². The summed E-state index contributed by atoms with van der Waals surface area (Å²) in [6, 6.07) is 1.90. The van der Waals surface area contributed by atoms with Crippen LogP contribution in [0.4, 0.5) is 11.6 Å². The minimum atomic E-state index is 0.415. The molecule has 0 spiro atoms. The van der Waals surface area contributed by atoms with Gasteiger partial charge < -0.3 is 15.1 Å². The van der Waals surface area contributed by atoms with Gasteiger partial charge >= 0.3 is 0 Å². The Kier molecular flexibility index (Phi) is 4.77. The molecule has 2 heterocycles. The predicted molar refractivity (Wildman–Crippen MR) is 80.4 cm³/mol. The van der Waals surface area contributed by atoms with E-state index in [1.165, 1.54) is 12.8 Å². The van der Waals surface area contributed by atoms with E-state index in [0.717, 1.165) is 18.9 Å². The quantitative estimate of drug-likeness (QED) is 0.633. The summed E-state index contributed by atoms with van der Waals surface area (Å²) in [5.41, 5.74) is 3.03. The number of ether oxygens (including phenoxy) is 1. The van der Waals surface area contributed by atoms with Crippen molar-refractivity contribution in [3.8, 4) is 0 Å². The minimum absolute atomic E-state index is 0.415. The zero-order chi connectivity index (χ0) is 14.6. The normalized spacial score (nSPS) is 18.1. The lowest BCUT2D eigenvalue weighted by molar-refractivity contribution is 0.128. The first-order valence-electron chi connectivity index (χ1n) is 7.21. The summed E-state index contributed by atoms with van der Waals surface area (Å²) in [6.45, 7) is 9.69.